The van der Waals surface area contributed by atoms with Crippen LogP contribution in [-0.4, -0.2) is 15.5 Å². The maximum atomic E-state index is 13.2. The fraction of sp³-hybridized carbons (Fsp3) is 0.125. The molecule has 0 heterocycles. The van der Waals surface area contributed by atoms with E-state index in [1.165, 1.54) is 13.2 Å². The normalized spacial score (nSPS) is 10.8. The molecule has 0 unspecified atom stereocenters. The summed E-state index contributed by atoms with van der Waals surface area (Å²) in [5, 5.41) is 8.70. The summed E-state index contributed by atoms with van der Waals surface area (Å²) in [6.45, 7) is 0. The van der Waals surface area contributed by atoms with Crippen LogP contribution >= 0.6 is 10.7 Å². The first-order valence-electron chi connectivity index (χ1n) is 3.63. The molecule has 0 aliphatic carbocycles. The summed E-state index contributed by atoms with van der Waals surface area (Å²) < 4.78 is 39.9. The minimum atomic E-state index is -4.31. The second-order valence-corrected chi connectivity index (χ2v) is 5.01. The Bertz CT molecular complexity index is 536. The molecule has 15 heavy (non-hydrogen) atoms. The summed E-state index contributed by atoms with van der Waals surface area (Å²) in [4.78, 5) is -0.856. The zero-order valence-electron chi connectivity index (χ0n) is 7.49. The molecular formula is C8H5ClFNO3S. The van der Waals surface area contributed by atoms with Gasteiger partial charge in [0.25, 0.3) is 9.05 Å². The van der Waals surface area contributed by atoms with E-state index in [1.54, 1.807) is 0 Å². The summed E-state index contributed by atoms with van der Waals surface area (Å²) in [6, 6.07) is 3.56. The van der Waals surface area contributed by atoms with Crippen molar-refractivity contribution in [2.45, 2.75) is 4.90 Å². The topological polar surface area (TPSA) is 67.2 Å². The molecule has 4 nitrogen and oxygen atoms in total. The molecular weight excluding hydrogens is 245 g/mol. The molecule has 1 rings (SSSR count). The van der Waals surface area contributed by atoms with Gasteiger partial charge in [-0.1, -0.05) is 0 Å². The molecule has 0 atom stereocenters. The van der Waals surface area contributed by atoms with Crippen LogP contribution in [0.25, 0.3) is 0 Å². The smallest absolute Gasteiger partial charge is 0.265 e. The largest absolute Gasteiger partial charge is 0.495 e. The molecule has 0 spiro atoms. The Balaban J connectivity index is 3.71. The number of benzene rings is 1. The van der Waals surface area contributed by atoms with Gasteiger partial charge in [-0.25, -0.2) is 12.8 Å². The number of halogens is 2. The second-order valence-electron chi connectivity index (χ2n) is 2.50. The minimum Gasteiger partial charge on any atom is -0.495 e. The van der Waals surface area contributed by atoms with E-state index in [0.717, 1.165) is 12.1 Å². The van der Waals surface area contributed by atoms with Crippen molar-refractivity contribution in [3.8, 4) is 11.8 Å². The van der Waals surface area contributed by atoms with E-state index in [9.17, 15) is 12.8 Å². The highest BCUT2D eigenvalue weighted by Gasteiger charge is 2.24. The maximum Gasteiger partial charge on any atom is 0.265 e. The Labute approximate surface area is 90.3 Å². The van der Waals surface area contributed by atoms with E-state index in [1.807, 2.05) is 0 Å². The van der Waals surface area contributed by atoms with Gasteiger partial charge >= 0.3 is 0 Å². The fourth-order valence-corrected chi connectivity index (χ4v) is 2.20. The number of methoxy groups -OCH3 is 1. The van der Waals surface area contributed by atoms with Gasteiger partial charge in [0.2, 0.25) is 0 Å². The van der Waals surface area contributed by atoms with Crippen molar-refractivity contribution in [1.82, 2.24) is 0 Å². The van der Waals surface area contributed by atoms with Gasteiger partial charge in [-0.3, -0.25) is 0 Å². The number of ether oxygens (including phenoxy) is 1. The number of nitrogens with zero attached hydrogens (tertiary/aromatic N) is 1. The van der Waals surface area contributed by atoms with Crippen LogP contribution in [0.4, 0.5) is 4.39 Å². The highest BCUT2D eigenvalue weighted by molar-refractivity contribution is 8.13. The number of nitriles is 1. The van der Waals surface area contributed by atoms with Crippen molar-refractivity contribution in [2.24, 2.45) is 0 Å². The number of hydrogen-bond acceptors (Lipinski definition) is 4. The molecule has 7 heteroatoms. The number of rotatable bonds is 2. The average Bonchev–Trinajstić information content (AvgIpc) is 2.15. The first-order chi connectivity index (χ1) is 6.91. The lowest BCUT2D eigenvalue weighted by Crippen LogP contribution is -2.01. The minimum absolute atomic E-state index is 0.0434. The van der Waals surface area contributed by atoms with Crippen LogP contribution in [0.2, 0.25) is 0 Å². The molecule has 0 aliphatic rings. The van der Waals surface area contributed by atoms with Gasteiger partial charge in [0.05, 0.1) is 7.11 Å². The number of hydrogen-bond donors (Lipinski definition) is 0. The van der Waals surface area contributed by atoms with E-state index in [2.05, 4.69) is 0 Å². The predicted octanol–water partition coefficient (Wildman–Crippen LogP) is 1.63. The van der Waals surface area contributed by atoms with Gasteiger partial charge in [-0.05, 0) is 12.1 Å². The highest BCUT2D eigenvalue weighted by Crippen LogP contribution is 2.29. The molecule has 0 bridgehead atoms. The van der Waals surface area contributed by atoms with Crippen molar-refractivity contribution in [3.63, 3.8) is 0 Å². The van der Waals surface area contributed by atoms with Gasteiger partial charge in [0.1, 0.15) is 28.1 Å². The van der Waals surface area contributed by atoms with Crippen molar-refractivity contribution in [2.75, 3.05) is 7.11 Å². The Morgan fingerprint density at radius 3 is 2.53 bits per heavy atom. The van der Waals surface area contributed by atoms with E-state index in [4.69, 9.17) is 20.7 Å². The predicted molar refractivity (Wildman–Crippen MR) is 50.7 cm³/mol. The lowest BCUT2D eigenvalue weighted by atomic mass is 10.2. The summed E-state index contributed by atoms with van der Waals surface area (Å²) in [5.74, 6) is -1.12. The molecule has 0 saturated heterocycles. The van der Waals surface area contributed by atoms with Crippen molar-refractivity contribution in [3.05, 3.63) is 23.5 Å². The highest BCUT2D eigenvalue weighted by atomic mass is 35.7. The summed E-state index contributed by atoms with van der Waals surface area (Å²) in [6.07, 6.45) is 0. The van der Waals surface area contributed by atoms with Gasteiger partial charge in [-0.2, -0.15) is 5.26 Å². The molecule has 1 aromatic rings. The second kappa shape index (κ2) is 4.04. The molecule has 0 N–H and O–H groups in total. The van der Waals surface area contributed by atoms with Crippen LogP contribution < -0.4 is 4.74 Å². The molecule has 0 amide bonds. The molecule has 0 radical (unpaired) electrons. The standard InChI is InChI=1S/C8H5ClFNO3S/c1-14-7-3-2-6(10)8(5(7)4-11)15(9,12)13/h2-3H,1H3. The van der Waals surface area contributed by atoms with E-state index in [-0.39, 0.29) is 5.75 Å². The third kappa shape index (κ3) is 2.19. The Morgan fingerprint density at radius 1 is 1.53 bits per heavy atom. The van der Waals surface area contributed by atoms with Crippen LogP contribution in [-0.2, 0) is 9.05 Å². The fourth-order valence-electron chi connectivity index (χ4n) is 1.05. The van der Waals surface area contributed by atoms with Crippen LogP contribution in [0.15, 0.2) is 17.0 Å². The SMILES string of the molecule is COc1ccc(F)c(S(=O)(=O)Cl)c1C#N. The molecule has 0 saturated carbocycles. The molecule has 1 aromatic carbocycles. The summed E-state index contributed by atoms with van der Waals surface area (Å²) in [5.41, 5.74) is -0.437. The van der Waals surface area contributed by atoms with Gasteiger partial charge < -0.3 is 4.74 Å². The lowest BCUT2D eigenvalue weighted by Gasteiger charge is -2.06. The van der Waals surface area contributed by atoms with Crippen molar-refractivity contribution in [1.29, 1.82) is 5.26 Å². The van der Waals surface area contributed by atoms with Crippen LogP contribution in [0.3, 0.4) is 0 Å². The van der Waals surface area contributed by atoms with E-state index < -0.39 is 25.3 Å². The zero-order valence-corrected chi connectivity index (χ0v) is 9.06. The summed E-state index contributed by atoms with van der Waals surface area (Å²) >= 11 is 0. The Hall–Kier alpha value is -1.32. The zero-order chi connectivity index (χ0) is 11.6. The lowest BCUT2D eigenvalue weighted by molar-refractivity contribution is 0.409. The monoisotopic (exact) mass is 249 g/mol. The molecule has 0 aliphatic heterocycles. The Morgan fingerprint density at radius 2 is 2.13 bits per heavy atom. The average molecular weight is 250 g/mol. The van der Waals surface area contributed by atoms with Crippen LogP contribution in [0.5, 0.6) is 5.75 Å². The first kappa shape index (κ1) is 11.8. The van der Waals surface area contributed by atoms with Gasteiger partial charge in [0.15, 0.2) is 0 Å². The third-order valence-corrected chi connectivity index (χ3v) is 3.00. The first-order valence-corrected chi connectivity index (χ1v) is 5.94. The van der Waals surface area contributed by atoms with Crippen LogP contribution in [0.1, 0.15) is 5.56 Å². The maximum absolute atomic E-state index is 13.2. The van der Waals surface area contributed by atoms with Gasteiger partial charge in [-0.15, -0.1) is 0 Å². The molecule has 80 valence electrons. The van der Waals surface area contributed by atoms with E-state index >= 15 is 0 Å². The Kier molecular flexibility index (Phi) is 3.17. The quantitative estimate of drug-likeness (QED) is 0.747. The van der Waals surface area contributed by atoms with Gasteiger partial charge in [0, 0.05) is 10.7 Å². The molecule has 0 fully saturated rings. The molecule has 0 aromatic heterocycles. The third-order valence-electron chi connectivity index (χ3n) is 1.65. The summed E-state index contributed by atoms with van der Waals surface area (Å²) in [7, 11) is 1.92. The van der Waals surface area contributed by atoms with Crippen molar-refractivity contribution >= 4 is 19.7 Å². The van der Waals surface area contributed by atoms with Crippen LogP contribution in [0, 0.1) is 17.1 Å². The van der Waals surface area contributed by atoms with E-state index in [0.29, 0.717) is 0 Å². The van der Waals surface area contributed by atoms with Crippen molar-refractivity contribution < 1.29 is 17.5 Å².